The van der Waals surface area contributed by atoms with Gasteiger partial charge in [-0.15, -0.1) is 0 Å². The van der Waals surface area contributed by atoms with Gasteiger partial charge in [0.05, 0.1) is 20.0 Å². The van der Waals surface area contributed by atoms with Gasteiger partial charge < -0.3 is 0 Å². The molecule has 2 aromatic rings. The van der Waals surface area contributed by atoms with Gasteiger partial charge in [0, 0.05) is 28.3 Å². The summed E-state index contributed by atoms with van der Waals surface area (Å²) in [4.78, 5) is 10.3. The molecule has 0 aliphatic carbocycles. The molecule has 0 aromatic heterocycles. The molecule has 0 unspecified atom stereocenters. The van der Waals surface area contributed by atoms with Gasteiger partial charge in [-0.3, -0.25) is 10.1 Å². The summed E-state index contributed by atoms with van der Waals surface area (Å²) in [5.74, 6) is 0. The highest BCUT2D eigenvalue weighted by molar-refractivity contribution is 6.49. The number of nitro groups is 1. The van der Waals surface area contributed by atoms with Crippen LogP contribution < -0.4 is 0 Å². The third kappa shape index (κ3) is 2.79. The molecule has 0 fully saturated rings. The zero-order valence-corrected chi connectivity index (χ0v) is 12.2. The van der Waals surface area contributed by atoms with Crippen LogP contribution in [-0.4, -0.2) is 4.92 Å². The molecule has 0 saturated heterocycles. The fourth-order valence-electron chi connectivity index (χ4n) is 1.57. The van der Waals surface area contributed by atoms with Crippen molar-refractivity contribution >= 4 is 52.1 Å². The van der Waals surface area contributed by atoms with E-state index in [4.69, 9.17) is 46.4 Å². The number of non-ortho nitro benzene ring substituents is 1. The quantitative estimate of drug-likeness (QED) is 0.390. The predicted molar refractivity (Wildman–Crippen MR) is 78.6 cm³/mol. The van der Waals surface area contributed by atoms with Crippen LogP contribution >= 0.6 is 46.4 Å². The Labute approximate surface area is 128 Å². The molecule has 98 valence electrons. The van der Waals surface area contributed by atoms with Crippen LogP contribution in [0.1, 0.15) is 0 Å². The van der Waals surface area contributed by atoms with Gasteiger partial charge in [0.25, 0.3) is 5.69 Å². The number of rotatable bonds is 2. The molecule has 3 nitrogen and oxygen atoms in total. The molecule has 0 atom stereocenters. The zero-order valence-electron chi connectivity index (χ0n) is 9.16. The summed E-state index contributed by atoms with van der Waals surface area (Å²) in [6.45, 7) is 0. The Morgan fingerprint density at radius 1 is 0.842 bits per heavy atom. The monoisotopic (exact) mass is 335 g/mol. The number of nitrogens with zero attached hydrogens (tertiary/aromatic N) is 1. The van der Waals surface area contributed by atoms with Crippen LogP contribution in [0.25, 0.3) is 11.1 Å². The largest absolute Gasteiger partial charge is 0.270 e. The first-order valence-electron chi connectivity index (χ1n) is 4.99. The maximum Gasteiger partial charge on any atom is 0.270 e. The number of hydrogen-bond donors (Lipinski definition) is 0. The predicted octanol–water partition coefficient (Wildman–Crippen LogP) is 5.88. The zero-order chi connectivity index (χ0) is 14.2. The molecule has 19 heavy (non-hydrogen) atoms. The van der Waals surface area contributed by atoms with E-state index in [9.17, 15) is 10.1 Å². The van der Waals surface area contributed by atoms with Crippen molar-refractivity contribution < 1.29 is 4.92 Å². The lowest BCUT2D eigenvalue weighted by Crippen LogP contribution is -1.90. The number of nitro benzene ring substituents is 1. The summed E-state index contributed by atoms with van der Waals surface area (Å²) in [6.07, 6.45) is 0. The van der Waals surface area contributed by atoms with Crippen LogP contribution in [0.5, 0.6) is 0 Å². The van der Waals surface area contributed by atoms with Crippen LogP contribution in [0.3, 0.4) is 0 Å². The second-order valence-electron chi connectivity index (χ2n) is 3.64. The van der Waals surface area contributed by atoms with Gasteiger partial charge in [-0.2, -0.15) is 0 Å². The highest BCUT2D eigenvalue weighted by Gasteiger charge is 2.16. The van der Waals surface area contributed by atoms with Gasteiger partial charge in [-0.1, -0.05) is 52.5 Å². The molecule has 0 aliphatic heterocycles. The molecular weight excluding hydrogens is 332 g/mol. The highest BCUT2D eigenvalue weighted by Crippen LogP contribution is 2.41. The lowest BCUT2D eigenvalue weighted by Gasteiger charge is -2.09. The van der Waals surface area contributed by atoms with Gasteiger partial charge in [0.1, 0.15) is 0 Å². The summed E-state index contributed by atoms with van der Waals surface area (Å²) < 4.78 is 0. The van der Waals surface area contributed by atoms with Crippen LogP contribution in [0.2, 0.25) is 20.1 Å². The normalized spacial score (nSPS) is 10.5. The molecule has 0 saturated carbocycles. The molecule has 0 aliphatic rings. The lowest BCUT2D eigenvalue weighted by atomic mass is 10.0. The van der Waals surface area contributed by atoms with Gasteiger partial charge in [-0.25, -0.2) is 0 Å². The average Bonchev–Trinajstić information content (AvgIpc) is 2.37. The second kappa shape index (κ2) is 5.55. The van der Waals surface area contributed by atoms with E-state index in [0.717, 1.165) is 0 Å². The van der Waals surface area contributed by atoms with Crippen LogP contribution in [0, 0.1) is 10.1 Å². The van der Waals surface area contributed by atoms with Gasteiger partial charge in [0.2, 0.25) is 0 Å². The van der Waals surface area contributed by atoms with Crippen molar-refractivity contribution in [2.45, 2.75) is 0 Å². The summed E-state index contributed by atoms with van der Waals surface area (Å²) in [5.41, 5.74) is 0.839. The minimum Gasteiger partial charge on any atom is -0.258 e. The van der Waals surface area contributed by atoms with E-state index in [-0.39, 0.29) is 15.7 Å². The van der Waals surface area contributed by atoms with Crippen LogP contribution in [-0.2, 0) is 0 Å². The highest BCUT2D eigenvalue weighted by atomic mass is 35.5. The van der Waals surface area contributed by atoms with Crippen molar-refractivity contribution in [2.75, 3.05) is 0 Å². The molecule has 0 heterocycles. The smallest absolute Gasteiger partial charge is 0.258 e. The van der Waals surface area contributed by atoms with Crippen molar-refractivity contribution in [1.82, 2.24) is 0 Å². The fourth-order valence-corrected chi connectivity index (χ4v) is 2.42. The van der Waals surface area contributed by atoms with Crippen molar-refractivity contribution in [3.8, 4) is 11.1 Å². The third-order valence-corrected chi connectivity index (χ3v) is 4.11. The minimum absolute atomic E-state index is 0.0819. The van der Waals surface area contributed by atoms with E-state index in [0.29, 0.717) is 21.2 Å². The first-order chi connectivity index (χ1) is 8.91. The first kappa shape index (κ1) is 14.4. The Kier molecular flexibility index (Phi) is 4.21. The summed E-state index contributed by atoms with van der Waals surface area (Å²) in [7, 11) is 0. The van der Waals surface area contributed by atoms with E-state index in [1.54, 1.807) is 12.1 Å². The van der Waals surface area contributed by atoms with Crippen molar-refractivity contribution in [1.29, 1.82) is 0 Å². The second-order valence-corrected chi connectivity index (χ2v) is 5.21. The van der Waals surface area contributed by atoms with E-state index >= 15 is 0 Å². The third-order valence-electron chi connectivity index (χ3n) is 2.49. The van der Waals surface area contributed by atoms with E-state index < -0.39 is 4.92 Å². The first-order valence-corrected chi connectivity index (χ1v) is 6.51. The van der Waals surface area contributed by atoms with E-state index in [2.05, 4.69) is 0 Å². The van der Waals surface area contributed by atoms with Gasteiger partial charge >= 0.3 is 0 Å². The Hall–Kier alpha value is -1.000. The van der Waals surface area contributed by atoms with Crippen molar-refractivity contribution in [3.05, 3.63) is 60.5 Å². The molecule has 2 rings (SSSR count). The molecular formula is C12H5Cl4NO2. The van der Waals surface area contributed by atoms with Crippen LogP contribution in [0.4, 0.5) is 5.69 Å². The number of halogens is 4. The SMILES string of the molecule is O=[N+]([O-])c1ccc(Cl)c(-c2ccc(Cl)c(Cl)c2Cl)c1. The molecule has 0 radical (unpaired) electrons. The van der Waals surface area contributed by atoms with Crippen LogP contribution in [0.15, 0.2) is 30.3 Å². The molecule has 0 bridgehead atoms. The van der Waals surface area contributed by atoms with E-state index in [1.807, 2.05) is 0 Å². The Morgan fingerprint density at radius 3 is 2.11 bits per heavy atom. The Morgan fingerprint density at radius 2 is 1.47 bits per heavy atom. The molecule has 0 spiro atoms. The molecule has 0 N–H and O–H groups in total. The van der Waals surface area contributed by atoms with Crippen molar-refractivity contribution in [2.24, 2.45) is 0 Å². The molecule has 2 aromatic carbocycles. The van der Waals surface area contributed by atoms with Gasteiger partial charge in [0.15, 0.2) is 0 Å². The maximum absolute atomic E-state index is 10.8. The minimum atomic E-state index is -0.509. The van der Waals surface area contributed by atoms with Gasteiger partial charge in [-0.05, 0) is 12.1 Å². The fraction of sp³-hybridized carbons (Fsp3) is 0. The summed E-state index contributed by atoms with van der Waals surface area (Å²) in [6, 6.07) is 7.26. The van der Waals surface area contributed by atoms with Crippen molar-refractivity contribution in [3.63, 3.8) is 0 Å². The topological polar surface area (TPSA) is 43.1 Å². The number of benzene rings is 2. The summed E-state index contributed by atoms with van der Waals surface area (Å²) >= 11 is 23.9. The molecule has 0 amide bonds. The average molecular weight is 337 g/mol. The Balaban J connectivity index is 2.68. The number of hydrogen-bond acceptors (Lipinski definition) is 2. The molecule has 7 heteroatoms. The lowest BCUT2D eigenvalue weighted by molar-refractivity contribution is -0.384. The summed E-state index contributed by atoms with van der Waals surface area (Å²) in [5, 5.41) is 11.8. The maximum atomic E-state index is 10.8. The Bertz CT molecular complexity index is 673. The standard InChI is InChI=1S/C12H5Cl4NO2/c13-9-3-1-6(17(18)19)5-8(9)7-2-4-10(14)12(16)11(7)15/h1-5H. The van der Waals surface area contributed by atoms with E-state index in [1.165, 1.54) is 18.2 Å².